The predicted octanol–water partition coefficient (Wildman–Crippen LogP) is 3.55. The van der Waals surface area contributed by atoms with E-state index < -0.39 is 22.7 Å². The van der Waals surface area contributed by atoms with Gasteiger partial charge >= 0.3 is 12.1 Å². The van der Waals surface area contributed by atoms with Gasteiger partial charge in [0.2, 0.25) is 0 Å². The summed E-state index contributed by atoms with van der Waals surface area (Å²) in [6, 6.07) is -0.0257. The van der Waals surface area contributed by atoms with Crippen LogP contribution in [0.4, 0.5) is 18.3 Å². The molecule has 1 unspecified atom stereocenters. The van der Waals surface area contributed by atoms with E-state index in [0.29, 0.717) is 11.3 Å². The molecule has 1 aromatic heterocycles. The monoisotopic (exact) mass is 296 g/mol. The minimum absolute atomic E-state index is 0.0160. The van der Waals surface area contributed by atoms with Crippen LogP contribution in [0.15, 0.2) is 0 Å². The van der Waals surface area contributed by atoms with Gasteiger partial charge in [0, 0.05) is 6.04 Å². The van der Waals surface area contributed by atoms with Gasteiger partial charge in [0.15, 0.2) is 10.8 Å². The molecule has 0 aliphatic heterocycles. The molecule has 0 amide bonds. The highest BCUT2D eigenvalue weighted by atomic mass is 32.1. The average molecular weight is 296 g/mol. The molecule has 0 aliphatic rings. The van der Waals surface area contributed by atoms with E-state index in [4.69, 9.17) is 0 Å². The summed E-state index contributed by atoms with van der Waals surface area (Å²) < 4.78 is 43.0. The molecule has 108 valence electrons. The Kier molecular flexibility index (Phi) is 5.16. The largest absolute Gasteiger partial charge is 0.462 e. The van der Waals surface area contributed by atoms with E-state index in [1.54, 1.807) is 0 Å². The lowest BCUT2D eigenvalue weighted by atomic mass is 10.3. The number of hydrogen-bond donors (Lipinski definition) is 1. The first-order valence-corrected chi connectivity index (χ1v) is 6.62. The lowest BCUT2D eigenvalue weighted by molar-refractivity contribution is -0.141. The number of alkyl halides is 3. The number of hydrogen-bond acceptors (Lipinski definition) is 5. The Bertz CT molecular complexity index is 446. The van der Waals surface area contributed by atoms with E-state index in [1.165, 1.54) is 6.92 Å². The first-order chi connectivity index (χ1) is 8.79. The Morgan fingerprint density at radius 1 is 1.47 bits per heavy atom. The number of ether oxygens (including phenoxy) is 1. The number of nitrogens with one attached hydrogen (secondary N) is 1. The molecular formula is C11H15F3N2O2S. The van der Waals surface area contributed by atoms with E-state index in [1.807, 2.05) is 13.8 Å². The third-order valence-electron chi connectivity index (χ3n) is 2.34. The summed E-state index contributed by atoms with van der Waals surface area (Å²) in [6.07, 6.45) is -3.94. The van der Waals surface area contributed by atoms with Gasteiger partial charge in [-0.25, -0.2) is 9.78 Å². The van der Waals surface area contributed by atoms with Crippen molar-refractivity contribution >= 4 is 22.4 Å². The molecule has 1 heterocycles. The van der Waals surface area contributed by atoms with Crippen molar-refractivity contribution in [2.45, 2.75) is 39.4 Å². The molecule has 1 aromatic rings. The van der Waals surface area contributed by atoms with Gasteiger partial charge in [0.05, 0.1) is 6.61 Å². The van der Waals surface area contributed by atoms with Crippen molar-refractivity contribution in [1.82, 2.24) is 4.98 Å². The van der Waals surface area contributed by atoms with Gasteiger partial charge < -0.3 is 10.1 Å². The molecule has 0 aliphatic carbocycles. The van der Waals surface area contributed by atoms with Crippen LogP contribution in [0.25, 0.3) is 0 Å². The average Bonchev–Trinajstić information content (AvgIpc) is 2.73. The van der Waals surface area contributed by atoms with E-state index in [0.717, 1.165) is 6.42 Å². The van der Waals surface area contributed by atoms with Gasteiger partial charge in [-0.2, -0.15) is 13.2 Å². The topological polar surface area (TPSA) is 51.2 Å². The van der Waals surface area contributed by atoms with Crippen LogP contribution in [-0.2, 0) is 10.9 Å². The summed E-state index contributed by atoms with van der Waals surface area (Å²) in [7, 11) is 0. The lowest BCUT2D eigenvalue weighted by Gasteiger charge is -2.08. The Labute approximate surface area is 113 Å². The highest BCUT2D eigenvalue weighted by Gasteiger charge is 2.40. The van der Waals surface area contributed by atoms with Crippen LogP contribution < -0.4 is 5.32 Å². The summed E-state index contributed by atoms with van der Waals surface area (Å²) in [5.74, 6) is -0.996. The third kappa shape index (κ3) is 4.09. The second-order valence-corrected chi connectivity index (χ2v) is 4.87. The van der Waals surface area contributed by atoms with Crippen molar-refractivity contribution < 1.29 is 22.7 Å². The second-order valence-electron chi connectivity index (χ2n) is 3.87. The maximum absolute atomic E-state index is 12.8. The SMILES string of the molecule is CCOC(=O)c1sc(NC(C)CC)nc1C(F)(F)F. The molecule has 0 bridgehead atoms. The van der Waals surface area contributed by atoms with E-state index in [-0.39, 0.29) is 17.8 Å². The Morgan fingerprint density at radius 3 is 2.58 bits per heavy atom. The van der Waals surface area contributed by atoms with Crippen LogP contribution >= 0.6 is 11.3 Å². The zero-order chi connectivity index (χ0) is 14.6. The van der Waals surface area contributed by atoms with Crippen LogP contribution in [0.2, 0.25) is 0 Å². The first-order valence-electron chi connectivity index (χ1n) is 5.81. The molecule has 4 nitrogen and oxygen atoms in total. The van der Waals surface area contributed by atoms with Crippen LogP contribution in [0, 0.1) is 0 Å². The minimum atomic E-state index is -4.67. The summed E-state index contributed by atoms with van der Waals surface area (Å²) in [4.78, 5) is 14.4. The van der Waals surface area contributed by atoms with Crippen molar-refractivity contribution in [3.8, 4) is 0 Å². The zero-order valence-corrected chi connectivity index (χ0v) is 11.6. The summed E-state index contributed by atoms with van der Waals surface area (Å²) >= 11 is 0.661. The van der Waals surface area contributed by atoms with Crippen LogP contribution in [0.1, 0.15) is 42.6 Å². The number of esters is 1. The van der Waals surface area contributed by atoms with Gasteiger partial charge in [0.25, 0.3) is 0 Å². The smallest absolute Gasteiger partial charge is 0.435 e. The molecule has 0 saturated heterocycles. The van der Waals surface area contributed by atoms with Gasteiger partial charge in [-0.3, -0.25) is 0 Å². The number of rotatable bonds is 5. The summed E-state index contributed by atoms with van der Waals surface area (Å²) in [5.41, 5.74) is -1.19. The van der Waals surface area contributed by atoms with E-state index in [2.05, 4.69) is 15.0 Å². The fraction of sp³-hybridized carbons (Fsp3) is 0.636. The summed E-state index contributed by atoms with van der Waals surface area (Å²) in [6.45, 7) is 5.26. The Balaban J connectivity index is 3.09. The van der Waals surface area contributed by atoms with Crippen LogP contribution in [0.3, 0.4) is 0 Å². The third-order valence-corrected chi connectivity index (χ3v) is 3.31. The fourth-order valence-electron chi connectivity index (χ4n) is 1.22. The maximum Gasteiger partial charge on any atom is 0.435 e. The van der Waals surface area contributed by atoms with Gasteiger partial charge in [-0.15, -0.1) is 0 Å². The van der Waals surface area contributed by atoms with Crippen molar-refractivity contribution in [1.29, 1.82) is 0 Å². The number of nitrogens with zero attached hydrogens (tertiary/aromatic N) is 1. The number of thiazole rings is 1. The van der Waals surface area contributed by atoms with Crippen LogP contribution in [-0.4, -0.2) is 23.6 Å². The predicted molar refractivity (Wildman–Crippen MR) is 66.4 cm³/mol. The second kappa shape index (κ2) is 6.23. The van der Waals surface area contributed by atoms with Gasteiger partial charge in [-0.05, 0) is 20.3 Å². The maximum atomic E-state index is 12.8. The minimum Gasteiger partial charge on any atom is -0.462 e. The number of aromatic nitrogens is 1. The molecule has 8 heteroatoms. The van der Waals surface area contributed by atoms with Gasteiger partial charge in [-0.1, -0.05) is 18.3 Å². The molecule has 1 N–H and O–H groups in total. The lowest BCUT2D eigenvalue weighted by Crippen LogP contribution is -2.15. The van der Waals surface area contributed by atoms with Crippen molar-refractivity contribution in [2.24, 2.45) is 0 Å². The first kappa shape index (κ1) is 15.7. The van der Waals surface area contributed by atoms with Crippen molar-refractivity contribution in [2.75, 3.05) is 11.9 Å². The van der Waals surface area contributed by atoms with E-state index >= 15 is 0 Å². The molecule has 0 radical (unpaired) electrons. The highest BCUT2D eigenvalue weighted by molar-refractivity contribution is 7.17. The zero-order valence-electron chi connectivity index (χ0n) is 10.8. The molecule has 19 heavy (non-hydrogen) atoms. The van der Waals surface area contributed by atoms with Crippen molar-refractivity contribution in [3.63, 3.8) is 0 Å². The molecule has 0 saturated carbocycles. The van der Waals surface area contributed by atoms with E-state index in [9.17, 15) is 18.0 Å². The fourth-order valence-corrected chi connectivity index (χ4v) is 2.21. The molecule has 0 aromatic carbocycles. The standard InChI is InChI=1S/C11H15F3N2O2S/c1-4-6(3)15-10-16-8(11(12,13)14)7(19-10)9(17)18-5-2/h6H,4-5H2,1-3H3,(H,15,16). The number of anilines is 1. The Hall–Kier alpha value is -1.31. The quantitative estimate of drug-likeness (QED) is 0.844. The normalized spacial score (nSPS) is 13.2. The molecule has 0 fully saturated rings. The van der Waals surface area contributed by atoms with Crippen LogP contribution in [0.5, 0.6) is 0 Å². The highest BCUT2D eigenvalue weighted by Crippen LogP contribution is 2.36. The molecular weight excluding hydrogens is 281 g/mol. The van der Waals surface area contributed by atoms with Gasteiger partial charge in [0.1, 0.15) is 4.88 Å². The molecule has 1 rings (SSSR count). The summed E-state index contributed by atoms with van der Waals surface area (Å²) in [5, 5.41) is 2.89. The molecule has 1 atom stereocenters. The number of carbonyl (C=O) groups excluding carboxylic acids is 1. The number of carbonyl (C=O) groups is 1. The van der Waals surface area contributed by atoms with Crippen molar-refractivity contribution in [3.05, 3.63) is 10.6 Å². The number of halogens is 3. The molecule has 0 spiro atoms. The Morgan fingerprint density at radius 2 is 2.11 bits per heavy atom.